The van der Waals surface area contributed by atoms with E-state index in [1.54, 1.807) is 57.2 Å². The van der Waals surface area contributed by atoms with Crippen LogP contribution in [0.5, 0.6) is 23.0 Å². The quantitative estimate of drug-likeness (QED) is 0.144. The van der Waals surface area contributed by atoms with Crippen LogP contribution in [0.1, 0.15) is 24.8 Å². The van der Waals surface area contributed by atoms with Crippen LogP contribution >= 0.6 is 11.8 Å². The molecule has 3 aromatic carbocycles. The van der Waals surface area contributed by atoms with Crippen LogP contribution < -0.4 is 23.8 Å². The number of thioether (sulfide) groups is 1. The molecular formula is C29H32N2O6S. The van der Waals surface area contributed by atoms with Gasteiger partial charge in [0.05, 0.1) is 40.7 Å². The molecule has 0 radical (unpaired) electrons. The summed E-state index contributed by atoms with van der Waals surface area (Å²) in [4.78, 5) is 19.8. The van der Waals surface area contributed by atoms with E-state index in [1.165, 1.54) is 0 Å². The Balaban J connectivity index is 1.45. The van der Waals surface area contributed by atoms with Gasteiger partial charge in [-0.25, -0.2) is 4.98 Å². The molecule has 0 bridgehead atoms. The highest BCUT2D eigenvalue weighted by molar-refractivity contribution is 7.99. The third-order valence-electron chi connectivity index (χ3n) is 6.05. The molecule has 0 fully saturated rings. The first-order chi connectivity index (χ1) is 18.6. The van der Waals surface area contributed by atoms with E-state index < -0.39 is 0 Å². The Kier molecular flexibility index (Phi) is 9.37. The average Bonchev–Trinajstić information content (AvgIpc) is 3.38. The minimum Gasteiger partial charge on any atom is -0.497 e. The van der Waals surface area contributed by atoms with Gasteiger partial charge in [0.2, 0.25) is 11.7 Å². The first-order valence-corrected chi connectivity index (χ1v) is 13.3. The number of carbonyl (C=O) groups excluding carboxylic acids is 1. The number of oxazole rings is 1. The number of anilines is 1. The number of fused-ring (bicyclic) bond motifs is 1. The number of unbranched alkanes of at least 4 members (excludes halogenated alkanes) is 1. The molecule has 4 aromatic rings. The number of hydrogen-bond donors (Lipinski definition) is 0. The normalized spacial score (nSPS) is 10.8. The average molecular weight is 537 g/mol. The van der Waals surface area contributed by atoms with Crippen LogP contribution in [0.3, 0.4) is 0 Å². The van der Waals surface area contributed by atoms with Crippen LogP contribution in [0.2, 0.25) is 0 Å². The van der Waals surface area contributed by atoms with E-state index in [0.29, 0.717) is 41.1 Å². The SMILES string of the molecule is COc1ccc(CN(C(=O)CCCCSc2nc3ccccc3o2)c2cc(OC)c(OC)c(OC)c2)cc1. The number of para-hydroxylation sites is 2. The molecule has 0 atom stereocenters. The summed E-state index contributed by atoms with van der Waals surface area (Å²) in [7, 11) is 6.30. The van der Waals surface area contributed by atoms with Crippen molar-refractivity contribution in [1.82, 2.24) is 4.98 Å². The maximum atomic E-state index is 13.5. The molecule has 9 heteroatoms. The third kappa shape index (κ3) is 6.52. The summed E-state index contributed by atoms with van der Waals surface area (Å²) in [5.74, 6) is 3.03. The highest BCUT2D eigenvalue weighted by atomic mass is 32.2. The molecule has 0 aliphatic heterocycles. The molecule has 0 saturated heterocycles. The van der Waals surface area contributed by atoms with Crippen molar-refractivity contribution in [3.8, 4) is 23.0 Å². The van der Waals surface area contributed by atoms with Crippen LogP contribution in [0.25, 0.3) is 11.1 Å². The third-order valence-corrected chi connectivity index (χ3v) is 6.96. The van der Waals surface area contributed by atoms with Gasteiger partial charge in [0.1, 0.15) is 11.3 Å². The van der Waals surface area contributed by atoms with Crippen molar-refractivity contribution in [3.63, 3.8) is 0 Å². The zero-order valence-corrected chi connectivity index (χ0v) is 22.9. The molecule has 0 aliphatic rings. The number of carbonyl (C=O) groups is 1. The maximum Gasteiger partial charge on any atom is 0.256 e. The number of methoxy groups -OCH3 is 4. The number of aromatic nitrogens is 1. The fourth-order valence-corrected chi connectivity index (χ4v) is 4.88. The minimum atomic E-state index is 0.00181. The topological polar surface area (TPSA) is 83.3 Å². The first-order valence-electron chi connectivity index (χ1n) is 12.3. The number of amides is 1. The van der Waals surface area contributed by atoms with Gasteiger partial charge in [-0.1, -0.05) is 36.0 Å². The second-order valence-electron chi connectivity index (χ2n) is 8.46. The van der Waals surface area contributed by atoms with Gasteiger partial charge in [0.25, 0.3) is 5.22 Å². The van der Waals surface area contributed by atoms with Gasteiger partial charge in [-0.15, -0.1) is 0 Å². The fourth-order valence-electron chi connectivity index (χ4n) is 4.05. The van der Waals surface area contributed by atoms with E-state index >= 15 is 0 Å². The molecule has 1 amide bonds. The molecule has 0 aliphatic carbocycles. The van der Waals surface area contributed by atoms with Crippen LogP contribution in [-0.4, -0.2) is 45.1 Å². The van der Waals surface area contributed by atoms with Crippen molar-refractivity contribution in [2.75, 3.05) is 39.1 Å². The van der Waals surface area contributed by atoms with Crippen molar-refractivity contribution in [2.24, 2.45) is 0 Å². The summed E-state index contributed by atoms with van der Waals surface area (Å²) in [5, 5.41) is 0.649. The predicted octanol–water partition coefficient (Wildman–Crippen LogP) is 6.36. The lowest BCUT2D eigenvalue weighted by Gasteiger charge is -2.25. The van der Waals surface area contributed by atoms with E-state index in [-0.39, 0.29) is 5.91 Å². The Morgan fingerprint density at radius 2 is 1.61 bits per heavy atom. The van der Waals surface area contributed by atoms with Crippen molar-refractivity contribution >= 4 is 34.5 Å². The largest absolute Gasteiger partial charge is 0.497 e. The molecule has 0 saturated carbocycles. The van der Waals surface area contributed by atoms with Crippen LogP contribution in [0.4, 0.5) is 5.69 Å². The Hall–Kier alpha value is -3.85. The van der Waals surface area contributed by atoms with Crippen molar-refractivity contribution in [2.45, 2.75) is 31.0 Å². The van der Waals surface area contributed by atoms with Gasteiger partial charge in [0.15, 0.2) is 17.1 Å². The Morgan fingerprint density at radius 3 is 2.24 bits per heavy atom. The lowest BCUT2D eigenvalue weighted by Crippen LogP contribution is -2.30. The van der Waals surface area contributed by atoms with E-state index in [2.05, 4.69) is 4.98 Å². The van der Waals surface area contributed by atoms with Gasteiger partial charge in [-0.2, -0.15) is 0 Å². The lowest BCUT2D eigenvalue weighted by atomic mass is 10.1. The summed E-state index contributed by atoms with van der Waals surface area (Å²) in [6.45, 7) is 0.388. The van der Waals surface area contributed by atoms with Gasteiger partial charge < -0.3 is 28.3 Å². The van der Waals surface area contributed by atoms with E-state index in [4.69, 9.17) is 23.4 Å². The number of ether oxygens (including phenoxy) is 4. The van der Waals surface area contributed by atoms with Crippen LogP contribution in [0.15, 0.2) is 70.3 Å². The van der Waals surface area contributed by atoms with E-state index in [9.17, 15) is 4.79 Å². The minimum absolute atomic E-state index is 0.00181. The van der Waals surface area contributed by atoms with Gasteiger partial charge >= 0.3 is 0 Å². The zero-order valence-electron chi connectivity index (χ0n) is 22.1. The van der Waals surface area contributed by atoms with Gasteiger partial charge in [-0.05, 0) is 42.7 Å². The molecule has 1 heterocycles. The van der Waals surface area contributed by atoms with Crippen LogP contribution in [-0.2, 0) is 11.3 Å². The standard InChI is InChI=1S/C29H32N2O6S/c1-33-22-14-12-20(13-15-22)19-31(21-17-25(34-2)28(36-4)26(18-21)35-3)27(32)11-7-8-16-38-29-30-23-9-5-6-10-24(23)37-29/h5-6,9-10,12-15,17-18H,7-8,11,16,19H2,1-4H3. The Bertz CT molecular complexity index is 1300. The summed E-state index contributed by atoms with van der Waals surface area (Å²) < 4.78 is 27.6. The highest BCUT2D eigenvalue weighted by Crippen LogP contribution is 2.41. The number of hydrogen-bond acceptors (Lipinski definition) is 8. The second-order valence-corrected chi connectivity index (χ2v) is 9.51. The molecular weight excluding hydrogens is 504 g/mol. The molecule has 4 rings (SSSR count). The van der Waals surface area contributed by atoms with Gasteiger partial charge in [0, 0.05) is 24.3 Å². The Labute approximate surface area is 226 Å². The number of nitrogens with zero attached hydrogens (tertiary/aromatic N) is 2. The number of benzene rings is 3. The summed E-state index contributed by atoms with van der Waals surface area (Å²) in [6, 6.07) is 19.0. The smallest absolute Gasteiger partial charge is 0.256 e. The molecule has 0 unspecified atom stereocenters. The molecule has 1 aromatic heterocycles. The molecule has 200 valence electrons. The summed E-state index contributed by atoms with van der Waals surface area (Å²) in [5.41, 5.74) is 3.27. The monoisotopic (exact) mass is 536 g/mol. The van der Waals surface area contributed by atoms with Crippen molar-refractivity contribution < 1.29 is 28.2 Å². The van der Waals surface area contributed by atoms with E-state index in [0.717, 1.165) is 41.0 Å². The van der Waals surface area contributed by atoms with Crippen molar-refractivity contribution in [3.05, 3.63) is 66.2 Å². The van der Waals surface area contributed by atoms with Gasteiger partial charge in [-0.3, -0.25) is 4.79 Å². The van der Waals surface area contributed by atoms with E-state index in [1.807, 2.05) is 48.5 Å². The summed E-state index contributed by atoms with van der Waals surface area (Å²) >= 11 is 1.56. The lowest BCUT2D eigenvalue weighted by molar-refractivity contribution is -0.118. The number of rotatable bonds is 13. The maximum absolute atomic E-state index is 13.5. The highest BCUT2D eigenvalue weighted by Gasteiger charge is 2.21. The first kappa shape index (κ1) is 27.2. The van der Waals surface area contributed by atoms with Crippen LogP contribution in [0, 0.1) is 0 Å². The van der Waals surface area contributed by atoms with Crippen molar-refractivity contribution in [1.29, 1.82) is 0 Å². The fraction of sp³-hybridized carbons (Fsp3) is 0.310. The predicted molar refractivity (Wildman–Crippen MR) is 149 cm³/mol. The Morgan fingerprint density at radius 1 is 0.895 bits per heavy atom. The molecule has 0 N–H and O–H groups in total. The summed E-state index contributed by atoms with van der Waals surface area (Å²) in [6.07, 6.45) is 1.97. The molecule has 38 heavy (non-hydrogen) atoms. The zero-order chi connectivity index (χ0) is 26.9. The second kappa shape index (κ2) is 13.1. The molecule has 8 nitrogen and oxygen atoms in total. The molecule has 0 spiro atoms.